The SMILES string of the molecule is [Au+].[Au+].[C-]#Cc1ccc2c(c1)oc1ccccc12.[C-]#Cc1ccc2oc3ccccc3c2c1.c1ccc([PH+](c2ccccc2)c2ccccc2[PH+](c2ccccc2)c2ccccc2)cc1. The number of para-hydroxylation sites is 2. The van der Waals surface area contributed by atoms with E-state index < -0.39 is 15.8 Å². The van der Waals surface area contributed by atoms with E-state index in [1.54, 1.807) is 0 Å². The summed E-state index contributed by atoms with van der Waals surface area (Å²) in [5, 5.41) is 13.0. The van der Waals surface area contributed by atoms with Crippen molar-refractivity contribution >= 4 is 91.5 Å². The fraction of sp³-hybridized carbons (Fsp3) is 0. The molecule has 0 saturated carbocycles. The fourth-order valence-electron chi connectivity index (χ4n) is 7.90. The first-order valence-corrected chi connectivity index (χ1v) is 23.4. The molecule has 0 radical (unpaired) electrons. The molecule has 0 aliphatic rings. The second-order valence-electron chi connectivity index (χ2n) is 14.6. The molecule has 0 bridgehead atoms. The summed E-state index contributed by atoms with van der Waals surface area (Å²) in [4.78, 5) is 0. The van der Waals surface area contributed by atoms with E-state index in [2.05, 4.69) is 157 Å². The molecule has 2 nitrogen and oxygen atoms in total. The van der Waals surface area contributed by atoms with E-state index in [1.807, 2.05) is 84.9 Å². The minimum Gasteiger partial charge on any atom is -0.458 e. The number of fused-ring (bicyclic) bond motifs is 6. The second kappa shape index (κ2) is 22.1. The van der Waals surface area contributed by atoms with Gasteiger partial charge in [0, 0.05) is 21.5 Å². The van der Waals surface area contributed by atoms with Crippen LogP contribution in [0.3, 0.4) is 0 Å². The van der Waals surface area contributed by atoms with Crippen LogP contribution in [0.1, 0.15) is 11.1 Å². The van der Waals surface area contributed by atoms with E-state index in [9.17, 15) is 0 Å². The molecule has 11 aromatic rings. The Balaban J connectivity index is 0.000000159. The molecule has 11 rings (SSSR count). The average Bonchev–Trinajstić information content (AvgIpc) is 3.92. The van der Waals surface area contributed by atoms with Crippen molar-refractivity contribution in [1.29, 1.82) is 0 Å². The van der Waals surface area contributed by atoms with Crippen LogP contribution in [0.5, 0.6) is 0 Å². The molecule has 0 spiro atoms. The molecule has 0 atom stereocenters. The third-order valence-electron chi connectivity index (χ3n) is 10.8. The molecule has 0 aliphatic carbocycles. The van der Waals surface area contributed by atoms with Gasteiger partial charge in [0.1, 0.15) is 70.0 Å². The Morgan fingerprint density at radius 1 is 0.297 bits per heavy atom. The van der Waals surface area contributed by atoms with Crippen LogP contribution in [-0.2, 0) is 44.8 Å². The van der Waals surface area contributed by atoms with Gasteiger partial charge < -0.3 is 21.7 Å². The molecular formula is C58H40Au2O2P2+2. The van der Waals surface area contributed by atoms with Gasteiger partial charge in [-0.2, -0.15) is 0 Å². The molecule has 6 heteroatoms. The van der Waals surface area contributed by atoms with Crippen molar-refractivity contribution < 1.29 is 53.6 Å². The van der Waals surface area contributed by atoms with Crippen molar-refractivity contribution in [1.82, 2.24) is 0 Å². The summed E-state index contributed by atoms with van der Waals surface area (Å²) in [5.74, 6) is 4.74. The van der Waals surface area contributed by atoms with Gasteiger partial charge in [0.05, 0.1) is 0 Å². The zero-order valence-corrected chi connectivity index (χ0v) is 40.7. The Morgan fingerprint density at radius 2 is 0.625 bits per heavy atom. The molecule has 2 heterocycles. The number of hydrogen-bond donors (Lipinski definition) is 0. The molecule has 64 heavy (non-hydrogen) atoms. The van der Waals surface area contributed by atoms with Crippen LogP contribution in [0.2, 0.25) is 0 Å². The van der Waals surface area contributed by atoms with Crippen molar-refractivity contribution in [2.45, 2.75) is 0 Å². The minimum atomic E-state index is -1.14. The molecule has 0 unspecified atom stereocenters. The second-order valence-corrected chi connectivity index (χ2v) is 19.5. The smallest absolute Gasteiger partial charge is 0.458 e. The summed E-state index contributed by atoms with van der Waals surface area (Å²) in [6.07, 6.45) is 14.2. The van der Waals surface area contributed by atoms with E-state index >= 15 is 0 Å². The summed E-state index contributed by atoms with van der Waals surface area (Å²) in [5.41, 5.74) is 4.95. The van der Waals surface area contributed by atoms with Gasteiger partial charge in [0.15, 0.2) is 0 Å². The van der Waals surface area contributed by atoms with Gasteiger partial charge in [-0.15, -0.1) is 29.3 Å². The van der Waals surface area contributed by atoms with Crippen LogP contribution in [0, 0.1) is 24.7 Å². The van der Waals surface area contributed by atoms with Crippen LogP contribution < -0.4 is 31.8 Å². The minimum absolute atomic E-state index is 0. The van der Waals surface area contributed by atoms with E-state index in [0.717, 1.165) is 55.0 Å². The van der Waals surface area contributed by atoms with Crippen LogP contribution in [0.4, 0.5) is 0 Å². The molecule has 0 fully saturated rings. The Bertz CT molecular complexity index is 3150. The summed E-state index contributed by atoms with van der Waals surface area (Å²) >= 11 is 0. The predicted octanol–water partition coefficient (Wildman–Crippen LogP) is 11.7. The molecule has 0 N–H and O–H groups in total. The molecule has 314 valence electrons. The van der Waals surface area contributed by atoms with Crippen molar-refractivity contribution in [3.63, 3.8) is 0 Å². The van der Waals surface area contributed by atoms with E-state index in [4.69, 9.17) is 21.7 Å². The van der Waals surface area contributed by atoms with Crippen molar-refractivity contribution in [2.24, 2.45) is 0 Å². The predicted molar refractivity (Wildman–Crippen MR) is 267 cm³/mol. The van der Waals surface area contributed by atoms with Gasteiger partial charge in [-0.05, 0) is 78.9 Å². The molecule has 0 amide bonds. The molecule has 0 aliphatic heterocycles. The summed E-state index contributed by atoms with van der Waals surface area (Å²) in [6, 6.07) is 80.6. The Labute approximate surface area is 408 Å². The molecule has 9 aromatic carbocycles. The standard InChI is InChI=1S/C30H24P2.2C14H7O.2Au/c1-5-15-25(16-6-1)31(26-17-7-2-8-18-26)29-23-13-14-24-30(29)32(27-19-9-3-10-20-27)28-21-11-4-12-22-28;1-2-10-7-8-14-12(9-10)11-5-3-4-6-13(11)15-14;1-2-10-7-8-12-11-5-3-4-6-13(11)15-14(12)9-10;;/h1-24H;2*3-9H;;/q;2*-1;2*+1/p+2. The van der Waals surface area contributed by atoms with Gasteiger partial charge in [-0.3, -0.25) is 11.8 Å². The van der Waals surface area contributed by atoms with Crippen LogP contribution in [0.15, 0.2) is 239 Å². The van der Waals surface area contributed by atoms with Gasteiger partial charge in [-0.1, -0.05) is 133 Å². The first-order chi connectivity index (χ1) is 30.7. The number of rotatable bonds is 6. The van der Waals surface area contributed by atoms with Crippen LogP contribution in [-0.4, -0.2) is 0 Å². The van der Waals surface area contributed by atoms with Crippen molar-refractivity contribution in [3.8, 4) is 11.8 Å². The topological polar surface area (TPSA) is 26.3 Å². The van der Waals surface area contributed by atoms with Gasteiger partial charge in [0.2, 0.25) is 0 Å². The normalized spacial score (nSPS) is 10.5. The zero-order chi connectivity index (χ0) is 42.1. The maximum Gasteiger partial charge on any atom is 1.00 e. The van der Waals surface area contributed by atoms with Crippen molar-refractivity contribution in [3.05, 3.63) is 254 Å². The zero-order valence-electron chi connectivity index (χ0n) is 34.4. The summed E-state index contributed by atoms with van der Waals surface area (Å²) in [6.45, 7) is 0. The molecular weight excluding hydrogens is 1180 g/mol. The first-order valence-electron chi connectivity index (χ1n) is 20.4. The summed E-state index contributed by atoms with van der Waals surface area (Å²) in [7, 11) is -2.28. The Hall–Kier alpha value is -5.96. The maximum atomic E-state index is 7.10. The monoisotopic (exact) mass is 1220 g/mol. The molecule has 2 aromatic heterocycles. The Morgan fingerprint density at radius 3 is 1.08 bits per heavy atom. The van der Waals surface area contributed by atoms with Gasteiger partial charge in [-0.25, -0.2) is 0 Å². The van der Waals surface area contributed by atoms with E-state index in [1.165, 1.54) is 31.8 Å². The largest absolute Gasteiger partial charge is 1.00 e. The number of benzene rings is 9. The number of hydrogen-bond acceptors (Lipinski definition) is 2. The maximum absolute atomic E-state index is 7.10. The summed E-state index contributed by atoms with van der Waals surface area (Å²) < 4.78 is 11.3. The first kappa shape index (κ1) is 46.0. The number of furan rings is 2. The van der Waals surface area contributed by atoms with Crippen LogP contribution in [0.25, 0.3) is 43.9 Å². The van der Waals surface area contributed by atoms with E-state index in [-0.39, 0.29) is 44.8 Å². The third-order valence-corrected chi connectivity index (χ3v) is 16.6. The van der Waals surface area contributed by atoms with Crippen molar-refractivity contribution in [2.75, 3.05) is 0 Å². The third kappa shape index (κ3) is 10.2. The van der Waals surface area contributed by atoms with Gasteiger partial charge >= 0.3 is 44.8 Å². The van der Waals surface area contributed by atoms with E-state index in [0.29, 0.717) is 0 Å². The quantitative estimate of drug-likeness (QED) is 0.0718. The Kier molecular flexibility index (Phi) is 15.9. The average molecular weight is 1220 g/mol. The van der Waals surface area contributed by atoms with Crippen LogP contribution >= 0.6 is 15.8 Å². The van der Waals surface area contributed by atoms with Gasteiger partial charge in [0.25, 0.3) is 0 Å². The molecule has 0 saturated heterocycles. The fourth-order valence-corrected chi connectivity index (χ4v) is 13.9.